The Morgan fingerprint density at radius 2 is 1.96 bits per heavy atom. The zero-order chi connectivity index (χ0) is 16.5. The van der Waals surface area contributed by atoms with Gasteiger partial charge in [0.2, 0.25) is 0 Å². The van der Waals surface area contributed by atoms with Gasteiger partial charge in [0, 0.05) is 11.6 Å². The van der Waals surface area contributed by atoms with Gasteiger partial charge in [-0.25, -0.2) is 0 Å². The lowest BCUT2D eigenvalue weighted by Gasteiger charge is -2.29. The van der Waals surface area contributed by atoms with Gasteiger partial charge in [-0.15, -0.1) is 0 Å². The Morgan fingerprint density at radius 3 is 2.79 bits per heavy atom. The summed E-state index contributed by atoms with van der Waals surface area (Å²) < 4.78 is 11.3. The Kier molecular flexibility index (Phi) is 4.14. The second-order valence-corrected chi connectivity index (χ2v) is 6.71. The Bertz CT molecular complexity index is 710. The third-order valence-electron chi connectivity index (χ3n) is 4.75. The van der Waals surface area contributed by atoms with Crippen LogP contribution >= 0.6 is 12.2 Å². The van der Waals surface area contributed by atoms with E-state index in [4.69, 9.17) is 21.7 Å². The Hall–Kier alpha value is -2.08. The molecule has 1 aliphatic carbocycles. The molecule has 0 aromatic heterocycles. The first-order valence-electron chi connectivity index (χ1n) is 8.49. The fourth-order valence-corrected chi connectivity index (χ4v) is 3.93. The number of para-hydroxylation sites is 1. The van der Waals surface area contributed by atoms with Crippen molar-refractivity contribution in [1.82, 2.24) is 10.2 Å². The quantitative estimate of drug-likeness (QED) is 0.660. The molecule has 5 nitrogen and oxygen atoms in total. The average Bonchev–Trinajstić information content (AvgIpc) is 2.90. The van der Waals surface area contributed by atoms with Crippen LogP contribution in [0.1, 0.15) is 37.7 Å². The van der Waals surface area contributed by atoms with Gasteiger partial charge in [0.25, 0.3) is 5.91 Å². The summed E-state index contributed by atoms with van der Waals surface area (Å²) >= 11 is 5.41. The Balaban J connectivity index is 1.62. The predicted molar refractivity (Wildman–Crippen MR) is 94.9 cm³/mol. The normalized spacial score (nSPS) is 22.8. The summed E-state index contributed by atoms with van der Waals surface area (Å²) in [4.78, 5) is 14.6. The largest absolute Gasteiger partial charge is 0.486 e. The van der Waals surface area contributed by atoms with Crippen LogP contribution in [0.4, 0.5) is 0 Å². The molecular weight excluding hydrogens is 324 g/mol. The van der Waals surface area contributed by atoms with Gasteiger partial charge in [-0.2, -0.15) is 0 Å². The minimum absolute atomic E-state index is 0.0405. The molecule has 126 valence electrons. The zero-order valence-corrected chi connectivity index (χ0v) is 14.2. The summed E-state index contributed by atoms with van der Waals surface area (Å²) in [5, 5.41) is 3.59. The van der Waals surface area contributed by atoms with E-state index in [1.807, 2.05) is 24.3 Å². The predicted octanol–water partition coefficient (Wildman–Crippen LogP) is 2.85. The molecule has 0 radical (unpaired) electrons. The van der Waals surface area contributed by atoms with Crippen LogP contribution in [-0.2, 0) is 4.79 Å². The number of thiocarbonyl (C=S) groups is 1. The highest BCUT2D eigenvalue weighted by Crippen LogP contribution is 2.35. The smallest absolute Gasteiger partial charge is 0.276 e. The molecule has 0 unspecified atom stereocenters. The summed E-state index contributed by atoms with van der Waals surface area (Å²) in [5.74, 6) is 1.36. The highest BCUT2D eigenvalue weighted by Gasteiger charge is 2.36. The standard InChI is InChI=1S/C18H20N2O3S/c21-17-14(19-18(24)20(17)13-6-2-1-3-7-13)11-12-5-4-8-15-16(12)23-10-9-22-15/h4-5,8,11,13H,1-3,6-7,9-10H2,(H,19,24). The van der Waals surface area contributed by atoms with Crippen LogP contribution in [0, 0.1) is 0 Å². The number of nitrogens with one attached hydrogen (secondary N) is 1. The maximum absolute atomic E-state index is 12.8. The molecule has 2 fully saturated rings. The molecule has 1 aromatic rings. The number of hydrogen-bond acceptors (Lipinski definition) is 4. The van der Waals surface area contributed by atoms with E-state index in [-0.39, 0.29) is 11.9 Å². The van der Waals surface area contributed by atoms with Gasteiger partial charge in [-0.05, 0) is 37.2 Å². The van der Waals surface area contributed by atoms with E-state index in [0.29, 0.717) is 35.5 Å². The van der Waals surface area contributed by atoms with Crippen molar-refractivity contribution in [3.8, 4) is 11.5 Å². The Morgan fingerprint density at radius 1 is 1.17 bits per heavy atom. The molecular formula is C18H20N2O3S. The Labute approximate surface area is 146 Å². The van der Waals surface area contributed by atoms with Crippen molar-refractivity contribution in [2.75, 3.05) is 13.2 Å². The third kappa shape index (κ3) is 2.75. The molecule has 24 heavy (non-hydrogen) atoms. The molecule has 1 amide bonds. The number of hydrogen-bond donors (Lipinski definition) is 1. The van der Waals surface area contributed by atoms with Gasteiger partial charge in [0.1, 0.15) is 18.9 Å². The number of carbonyl (C=O) groups excluding carboxylic acids is 1. The van der Waals surface area contributed by atoms with E-state index in [2.05, 4.69) is 5.32 Å². The molecule has 1 saturated carbocycles. The first kappa shape index (κ1) is 15.4. The van der Waals surface area contributed by atoms with E-state index in [1.54, 1.807) is 4.90 Å². The van der Waals surface area contributed by atoms with Crippen molar-refractivity contribution < 1.29 is 14.3 Å². The number of ether oxygens (including phenoxy) is 2. The number of amides is 1. The van der Waals surface area contributed by atoms with Crippen LogP contribution in [0.25, 0.3) is 6.08 Å². The first-order valence-corrected chi connectivity index (χ1v) is 8.90. The molecule has 2 aliphatic heterocycles. The third-order valence-corrected chi connectivity index (χ3v) is 5.04. The molecule has 4 rings (SSSR count). The van der Waals surface area contributed by atoms with Crippen molar-refractivity contribution in [3.63, 3.8) is 0 Å². The maximum atomic E-state index is 12.8. The molecule has 1 aromatic carbocycles. The van der Waals surface area contributed by atoms with E-state index in [0.717, 1.165) is 31.2 Å². The molecule has 0 bridgehead atoms. The fourth-order valence-electron chi connectivity index (χ4n) is 3.59. The maximum Gasteiger partial charge on any atom is 0.276 e. The van der Waals surface area contributed by atoms with Gasteiger partial charge >= 0.3 is 0 Å². The van der Waals surface area contributed by atoms with Crippen molar-refractivity contribution >= 4 is 29.3 Å². The summed E-state index contributed by atoms with van der Waals surface area (Å²) in [7, 11) is 0. The van der Waals surface area contributed by atoms with Crippen LogP contribution in [0.5, 0.6) is 11.5 Å². The lowest BCUT2D eigenvalue weighted by Crippen LogP contribution is -2.41. The van der Waals surface area contributed by atoms with Crippen molar-refractivity contribution in [1.29, 1.82) is 0 Å². The lowest BCUT2D eigenvalue weighted by atomic mass is 9.94. The summed E-state index contributed by atoms with van der Waals surface area (Å²) in [6, 6.07) is 5.92. The van der Waals surface area contributed by atoms with Gasteiger partial charge in [-0.1, -0.05) is 31.4 Å². The van der Waals surface area contributed by atoms with Crippen LogP contribution in [0.2, 0.25) is 0 Å². The van der Waals surface area contributed by atoms with Gasteiger partial charge in [0.15, 0.2) is 16.6 Å². The molecule has 3 aliphatic rings. The van der Waals surface area contributed by atoms with Gasteiger partial charge < -0.3 is 14.8 Å². The molecule has 2 heterocycles. The first-order chi connectivity index (χ1) is 11.7. The SMILES string of the molecule is O=C1C(=Cc2cccc3c2OCCO3)NC(=S)N1C1CCCCC1. The number of rotatable bonds is 2. The van der Waals surface area contributed by atoms with E-state index < -0.39 is 0 Å². The van der Waals surface area contributed by atoms with Crippen molar-refractivity contribution in [2.24, 2.45) is 0 Å². The van der Waals surface area contributed by atoms with Crippen LogP contribution in [-0.4, -0.2) is 35.2 Å². The second-order valence-electron chi connectivity index (χ2n) is 6.33. The molecule has 1 saturated heterocycles. The molecule has 6 heteroatoms. The number of benzene rings is 1. The highest BCUT2D eigenvalue weighted by molar-refractivity contribution is 7.80. The average molecular weight is 344 g/mol. The second kappa shape index (κ2) is 6.43. The van der Waals surface area contributed by atoms with Crippen LogP contribution < -0.4 is 14.8 Å². The van der Waals surface area contributed by atoms with Crippen LogP contribution in [0.3, 0.4) is 0 Å². The summed E-state index contributed by atoms with van der Waals surface area (Å²) in [6.45, 7) is 1.06. The van der Waals surface area contributed by atoms with Gasteiger partial charge in [0.05, 0.1) is 0 Å². The van der Waals surface area contributed by atoms with E-state index in [1.165, 1.54) is 6.42 Å². The number of nitrogens with zero attached hydrogens (tertiary/aromatic N) is 1. The van der Waals surface area contributed by atoms with Gasteiger partial charge in [-0.3, -0.25) is 9.69 Å². The van der Waals surface area contributed by atoms with Crippen molar-refractivity contribution in [3.05, 3.63) is 29.5 Å². The minimum Gasteiger partial charge on any atom is -0.486 e. The summed E-state index contributed by atoms with van der Waals surface area (Å²) in [5.41, 5.74) is 1.34. The number of carbonyl (C=O) groups is 1. The molecule has 0 spiro atoms. The van der Waals surface area contributed by atoms with Crippen LogP contribution in [0.15, 0.2) is 23.9 Å². The number of fused-ring (bicyclic) bond motifs is 1. The highest BCUT2D eigenvalue weighted by atomic mass is 32.1. The molecule has 0 atom stereocenters. The zero-order valence-electron chi connectivity index (χ0n) is 13.4. The minimum atomic E-state index is -0.0405. The lowest BCUT2D eigenvalue weighted by molar-refractivity contribution is -0.124. The summed E-state index contributed by atoms with van der Waals surface area (Å²) in [6.07, 6.45) is 7.43. The molecule has 1 N–H and O–H groups in total. The topological polar surface area (TPSA) is 50.8 Å². The van der Waals surface area contributed by atoms with Crippen molar-refractivity contribution in [2.45, 2.75) is 38.1 Å². The fraction of sp³-hybridized carbons (Fsp3) is 0.444. The van der Waals surface area contributed by atoms with E-state index in [9.17, 15) is 4.79 Å². The van der Waals surface area contributed by atoms with E-state index >= 15 is 0 Å². The monoisotopic (exact) mass is 344 g/mol.